The Morgan fingerprint density at radius 3 is 2.82 bits per heavy atom. The summed E-state index contributed by atoms with van der Waals surface area (Å²) in [6.07, 6.45) is -0.997. The molecule has 2 N–H and O–H groups in total. The van der Waals surface area contributed by atoms with Crippen LogP contribution in [-0.4, -0.2) is 29.7 Å². The molecule has 0 saturated carbocycles. The molecule has 0 unspecified atom stereocenters. The average Bonchev–Trinajstić information content (AvgIpc) is 2.25. The summed E-state index contributed by atoms with van der Waals surface area (Å²) in [6, 6.07) is 7.07. The predicted molar refractivity (Wildman–Crippen MR) is 65.8 cm³/mol. The van der Waals surface area contributed by atoms with E-state index in [1.165, 1.54) is 6.92 Å². The van der Waals surface area contributed by atoms with E-state index in [1.807, 2.05) is 6.07 Å². The second kappa shape index (κ2) is 6.36. The first-order valence-corrected chi connectivity index (χ1v) is 5.68. The lowest BCUT2D eigenvalue weighted by Crippen LogP contribution is -2.26. The predicted octanol–water partition coefficient (Wildman–Crippen LogP) is 1.88. The fourth-order valence-corrected chi connectivity index (χ4v) is 1.43. The second-order valence-corrected chi connectivity index (χ2v) is 4.27. The van der Waals surface area contributed by atoms with Crippen molar-refractivity contribution in [2.45, 2.75) is 13.0 Å². The van der Waals surface area contributed by atoms with Crippen LogP contribution in [0.2, 0.25) is 0 Å². The van der Waals surface area contributed by atoms with Crippen molar-refractivity contribution in [3.8, 4) is 0 Å². The van der Waals surface area contributed by atoms with Gasteiger partial charge in [0.1, 0.15) is 6.61 Å². The molecule has 0 aromatic heterocycles. The number of amides is 1. The zero-order chi connectivity index (χ0) is 12.8. The Bertz CT molecular complexity index is 422. The number of carbonyl (C=O) groups excluding carboxylic acids is 1. The van der Waals surface area contributed by atoms with Crippen molar-refractivity contribution in [3.63, 3.8) is 0 Å². The Morgan fingerprint density at radius 2 is 2.24 bits per heavy atom. The summed E-state index contributed by atoms with van der Waals surface area (Å²) in [6.45, 7) is 1.08. The lowest BCUT2D eigenvalue weighted by Gasteiger charge is -2.09. The number of hydrogen-bond acceptors (Lipinski definition) is 3. The van der Waals surface area contributed by atoms with E-state index in [-0.39, 0.29) is 6.61 Å². The van der Waals surface area contributed by atoms with E-state index < -0.39 is 18.0 Å². The molecule has 1 atom stereocenters. The molecule has 0 heterocycles. The van der Waals surface area contributed by atoms with Crippen molar-refractivity contribution in [1.82, 2.24) is 0 Å². The van der Waals surface area contributed by atoms with Crippen molar-refractivity contribution in [3.05, 3.63) is 28.7 Å². The van der Waals surface area contributed by atoms with Gasteiger partial charge in [-0.25, -0.2) is 4.79 Å². The van der Waals surface area contributed by atoms with Crippen molar-refractivity contribution < 1.29 is 19.4 Å². The topological polar surface area (TPSA) is 75.6 Å². The van der Waals surface area contributed by atoms with Crippen LogP contribution in [0.5, 0.6) is 0 Å². The van der Waals surface area contributed by atoms with Gasteiger partial charge < -0.3 is 15.2 Å². The van der Waals surface area contributed by atoms with Gasteiger partial charge in [-0.3, -0.25) is 4.79 Å². The minimum atomic E-state index is -1.10. The van der Waals surface area contributed by atoms with E-state index in [9.17, 15) is 9.59 Å². The molecule has 6 heteroatoms. The first-order valence-electron chi connectivity index (χ1n) is 4.89. The zero-order valence-electron chi connectivity index (χ0n) is 9.14. The number of rotatable bonds is 5. The number of ether oxygens (including phenoxy) is 1. The molecule has 0 aliphatic carbocycles. The van der Waals surface area contributed by atoms with Gasteiger partial charge in [0.05, 0.1) is 0 Å². The molecule has 17 heavy (non-hydrogen) atoms. The minimum absolute atomic E-state index is 0.292. The fourth-order valence-electron chi connectivity index (χ4n) is 1.04. The highest BCUT2D eigenvalue weighted by Crippen LogP contribution is 2.15. The van der Waals surface area contributed by atoms with Crippen LogP contribution in [0.15, 0.2) is 28.7 Å². The van der Waals surface area contributed by atoms with Crippen LogP contribution in [0.4, 0.5) is 5.69 Å². The van der Waals surface area contributed by atoms with Crippen molar-refractivity contribution in [2.75, 3.05) is 11.9 Å². The minimum Gasteiger partial charge on any atom is -0.479 e. The van der Waals surface area contributed by atoms with Crippen LogP contribution in [0, 0.1) is 0 Å². The van der Waals surface area contributed by atoms with Crippen LogP contribution in [0.3, 0.4) is 0 Å². The van der Waals surface area contributed by atoms with Gasteiger partial charge in [0.15, 0.2) is 6.10 Å². The van der Waals surface area contributed by atoms with Gasteiger partial charge in [-0.05, 0) is 25.1 Å². The number of aliphatic carboxylic acids is 1. The number of carboxylic acids is 1. The van der Waals surface area contributed by atoms with E-state index in [4.69, 9.17) is 9.84 Å². The van der Waals surface area contributed by atoms with Crippen LogP contribution >= 0.6 is 15.9 Å². The molecule has 92 valence electrons. The average molecular weight is 302 g/mol. The molecule has 0 aliphatic rings. The highest BCUT2D eigenvalue weighted by atomic mass is 79.9. The fraction of sp³-hybridized carbons (Fsp3) is 0.273. The molecule has 0 spiro atoms. The van der Waals surface area contributed by atoms with Crippen LogP contribution in [0.25, 0.3) is 0 Å². The standard InChI is InChI=1S/C11H12BrNO4/c1-7(11(15)16)17-6-10(14)13-9-4-2-3-8(12)5-9/h2-5,7H,6H2,1H3,(H,13,14)(H,15,16)/t7-/m0/s1. The summed E-state index contributed by atoms with van der Waals surface area (Å²) in [4.78, 5) is 21.9. The van der Waals surface area contributed by atoms with E-state index in [0.29, 0.717) is 5.69 Å². The molecule has 1 aromatic rings. The van der Waals surface area contributed by atoms with E-state index in [1.54, 1.807) is 18.2 Å². The SMILES string of the molecule is C[C@H](OCC(=O)Nc1cccc(Br)c1)C(=O)O. The molecular formula is C11H12BrNO4. The highest BCUT2D eigenvalue weighted by molar-refractivity contribution is 9.10. The molecule has 1 aromatic carbocycles. The first-order chi connectivity index (χ1) is 7.99. The number of carbonyl (C=O) groups is 2. The normalized spacial score (nSPS) is 11.9. The van der Waals surface area contributed by atoms with Crippen LogP contribution < -0.4 is 5.32 Å². The molecule has 1 amide bonds. The lowest BCUT2D eigenvalue weighted by atomic mass is 10.3. The van der Waals surface area contributed by atoms with Crippen LogP contribution in [-0.2, 0) is 14.3 Å². The summed E-state index contributed by atoms with van der Waals surface area (Å²) in [5.74, 6) is -1.49. The Hall–Kier alpha value is -1.40. The highest BCUT2D eigenvalue weighted by Gasteiger charge is 2.13. The maximum absolute atomic E-state index is 11.4. The molecule has 0 bridgehead atoms. The maximum atomic E-state index is 11.4. The number of anilines is 1. The van der Waals surface area contributed by atoms with E-state index >= 15 is 0 Å². The summed E-state index contributed by atoms with van der Waals surface area (Å²) >= 11 is 3.27. The third kappa shape index (κ3) is 4.97. The van der Waals surface area contributed by atoms with Crippen LogP contribution in [0.1, 0.15) is 6.92 Å². The van der Waals surface area contributed by atoms with Crippen molar-refractivity contribution >= 4 is 33.5 Å². The molecular weight excluding hydrogens is 290 g/mol. The number of carboxylic acid groups (broad SMARTS) is 1. The largest absolute Gasteiger partial charge is 0.479 e. The number of hydrogen-bond donors (Lipinski definition) is 2. The number of benzene rings is 1. The maximum Gasteiger partial charge on any atom is 0.332 e. The van der Waals surface area contributed by atoms with Gasteiger partial charge in [0.25, 0.3) is 0 Å². The Kier molecular flexibility index (Phi) is 5.11. The monoisotopic (exact) mass is 301 g/mol. The summed E-state index contributed by atoms with van der Waals surface area (Å²) in [7, 11) is 0. The Balaban J connectivity index is 2.42. The molecule has 1 rings (SSSR count). The summed E-state index contributed by atoms with van der Waals surface area (Å²) in [5, 5.41) is 11.1. The van der Waals surface area contributed by atoms with E-state index in [2.05, 4.69) is 21.2 Å². The van der Waals surface area contributed by atoms with Gasteiger partial charge in [-0.2, -0.15) is 0 Å². The van der Waals surface area contributed by atoms with Gasteiger partial charge >= 0.3 is 5.97 Å². The summed E-state index contributed by atoms with van der Waals surface area (Å²) in [5.41, 5.74) is 0.621. The zero-order valence-corrected chi connectivity index (χ0v) is 10.7. The lowest BCUT2D eigenvalue weighted by molar-refractivity contribution is -0.150. The third-order valence-electron chi connectivity index (χ3n) is 1.92. The second-order valence-electron chi connectivity index (χ2n) is 3.35. The molecule has 0 saturated heterocycles. The quantitative estimate of drug-likeness (QED) is 0.870. The molecule has 0 fully saturated rings. The molecule has 0 aliphatic heterocycles. The Labute approximate surface area is 107 Å². The van der Waals surface area contributed by atoms with Gasteiger partial charge in [0.2, 0.25) is 5.91 Å². The number of nitrogens with one attached hydrogen (secondary N) is 1. The van der Waals surface area contributed by atoms with Gasteiger partial charge in [-0.15, -0.1) is 0 Å². The van der Waals surface area contributed by atoms with E-state index in [0.717, 1.165) is 4.47 Å². The van der Waals surface area contributed by atoms with Gasteiger partial charge in [-0.1, -0.05) is 22.0 Å². The third-order valence-corrected chi connectivity index (χ3v) is 2.41. The van der Waals surface area contributed by atoms with Crippen molar-refractivity contribution in [2.24, 2.45) is 0 Å². The number of halogens is 1. The molecule has 5 nitrogen and oxygen atoms in total. The molecule has 0 radical (unpaired) electrons. The summed E-state index contributed by atoms with van der Waals surface area (Å²) < 4.78 is 5.69. The van der Waals surface area contributed by atoms with Crippen molar-refractivity contribution in [1.29, 1.82) is 0 Å². The smallest absolute Gasteiger partial charge is 0.332 e. The first kappa shape index (κ1) is 13.7. The van der Waals surface area contributed by atoms with Gasteiger partial charge in [0, 0.05) is 10.2 Å². The Morgan fingerprint density at radius 1 is 1.53 bits per heavy atom.